The summed E-state index contributed by atoms with van der Waals surface area (Å²) in [6, 6.07) is 1.31. The second-order valence-corrected chi connectivity index (χ2v) is 7.07. The van der Waals surface area contributed by atoms with Crippen LogP contribution in [0.4, 0.5) is 0 Å². The lowest BCUT2D eigenvalue weighted by molar-refractivity contribution is -0.0555. The molecule has 0 radical (unpaired) electrons. The van der Waals surface area contributed by atoms with Crippen molar-refractivity contribution in [2.75, 3.05) is 45.9 Å². The number of ether oxygens (including phenoxy) is 1. The first-order valence-electron chi connectivity index (χ1n) is 8.91. The van der Waals surface area contributed by atoms with Gasteiger partial charge in [0.1, 0.15) is 0 Å². The minimum Gasteiger partial charge on any atom is -0.374 e. The van der Waals surface area contributed by atoms with E-state index in [1.54, 1.807) is 0 Å². The van der Waals surface area contributed by atoms with Gasteiger partial charge in [-0.3, -0.25) is 4.90 Å². The molecule has 2 heterocycles. The molecule has 4 heteroatoms. The molecule has 124 valence electrons. The van der Waals surface area contributed by atoms with Gasteiger partial charge < -0.3 is 15.0 Å². The van der Waals surface area contributed by atoms with Gasteiger partial charge in [0, 0.05) is 31.7 Å². The summed E-state index contributed by atoms with van der Waals surface area (Å²) in [5.41, 5.74) is 0. The van der Waals surface area contributed by atoms with Crippen molar-refractivity contribution in [1.82, 2.24) is 15.1 Å². The summed E-state index contributed by atoms with van der Waals surface area (Å²) < 4.78 is 5.98. The molecule has 2 aliphatic rings. The lowest BCUT2D eigenvalue weighted by atomic mass is 9.90. The van der Waals surface area contributed by atoms with Crippen molar-refractivity contribution >= 4 is 0 Å². The van der Waals surface area contributed by atoms with Gasteiger partial charge in [-0.25, -0.2) is 0 Å². The Morgan fingerprint density at radius 1 is 1.14 bits per heavy atom. The second-order valence-electron chi connectivity index (χ2n) is 7.07. The minimum atomic E-state index is 0.406. The molecule has 1 N–H and O–H groups in total. The number of hydrogen-bond donors (Lipinski definition) is 1. The topological polar surface area (TPSA) is 27.7 Å². The van der Waals surface area contributed by atoms with Gasteiger partial charge in [0.2, 0.25) is 0 Å². The fourth-order valence-electron chi connectivity index (χ4n) is 3.73. The van der Waals surface area contributed by atoms with Gasteiger partial charge in [0.05, 0.1) is 12.7 Å². The molecule has 0 aliphatic carbocycles. The van der Waals surface area contributed by atoms with E-state index >= 15 is 0 Å². The van der Waals surface area contributed by atoms with E-state index in [9.17, 15) is 0 Å². The highest BCUT2D eigenvalue weighted by Gasteiger charge is 2.27. The van der Waals surface area contributed by atoms with E-state index in [1.165, 1.54) is 25.9 Å². The zero-order chi connectivity index (χ0) is 15.2. The maximum atomic E-state index is 5.98. The van der Waals surface area contributed by atoms with Crippen LogP contribution in [-0.2, 0) is 4.74 Å². The van der Waals surface area contributed by atoms with E-state index < -0.39 is 0 Å². The summed E-state index contributed by atoms with van der Waals surface area (Å²) >= 11 is 0. The maximum absolute atomic E-state index is 5.98. The van der Waals surface area contributed by atoms with Gasteiger partial charge >= 0.3 is 0 Å². The number of nitrogens with zero attached hydrogens (tertiary/aromatic N) is 2. The van der Waals surface area contributed by atoms with Crippen LogP contribution >= 0.6 is 0 Å². The van der Waals surface area contributed by atoms with Crippen LogP contribution < -0.4 is 5.32 Å². The summed E-state index contributed by atoms with van der Waals surface area (Å²) in [7, 11) is 0. The molecule has 0 spiro atoms. The smallest absolute Gasteiger partial charge is 0.0829 e. The average Bonchev–Trinajstić information content (AvgIpc) is 2.48. The minimum absolute atomic E-state index is 0.406. The molecule has 2 rings (SSSR count). The molecule has 0 amide bonds. The highest BCUT2D eigenvalue weighted by molar-refractivity contribution is 4.82. The van der Waals surface area contributed by atoms with Gasteiger partial charge in [0.15, 0.2) is 0 Å². The van der Waals surface area contributed by atoms with Gasteiger partial charge in [-0.2, -0.15) is 0 Å². The molecule has 4 nitrogen and oxygen atoms in total. The number of likely N-dealkylation sites (tertiary alicyclic amines) is 1. The molecule has 2 atom stereocenters. The molecule has 2 saturated heterocycles. The number of rotatable bonds is 6. The van der Waals surface area contributed by atoms with E-state index in [4.69, 9.17) is 4.74 Å². The first-order valence-corrected chi connectivity index (χ1v) is 8.91. The Labute approximate surface area is 131 Å². The van der Waals surface area contributed by atoms with Crippen LogP contribution in [0.25, 0.3) is 0 Å². The van der Waals surface area contributed by atoms with Crippen molar-refractivity contribution in [1.29, 1.82) is 0 Å². The molecule has 2 unspecified atom stereocenters. The van der Waals surface area contributed by atoms with E-state index in [-0.39, 0.29) is 0 Å². The van der Waals surface area contributed by atoms with E-state index in [2.05, 4.69) is 42.8 Å². The Hall–Kier alpha value is -0.160. The summed E-state index contributed by atoms with van der Waals surface area (Å²) in [4.78, 5) is 5.16. The molecule has 0 bridgehead atoms. The lowest BCUT2D eigenvalue weighted by Gasteiger charge is -2.40. The molecule has 21 heavy (non-hydrogen) atoms. The Balaban J connectivity index is 1.71. The second kappa shape index (κ2) is 8.47. The van der Waals surface area contributed by atoms with Crippen LogP contribution in [0.2, 0.25) is 0 Å². The number of piperidine rings is 1. The third-order valence-corrected chi connectivity index (χ3v) is 5.23. The van der Waals surface area contributed by atoms with Crippen molar-refractivity contribution in [2.45, 2.75) is 58.7 Å². The van der Waals surface area contributed by atoms with Crippen molar-refractivity contribution in [3.05, 3.63) is 0 Å². The van der Waals surface area contributed by atoms with Crippen LogP contribution in [0.15, 0.2) is 0 Å². The first kappa shape index (κ1) is 17.2. The Morgan fingerprint density at radius 3 is 2.48 bits per heavy atom. The molecule has 0 aromatic carbocycles. The standard InChI is InChI=1S/C17H35N3O/c1-5-18-15(4)16-6-8-19(9-7-16)12-17-13-20(14(2)3)10-11-21-17/h14-18H,5-13H2,1-4H3. The van der Waals surface area contributed by atoms with Gasteiger partial charge in [-0.05, 0) is 59.2 Å². The lowest BCUT2D eigenvalue weighted by Crippen LogP contribution is -2.51. The van der Waals surface area contributed by atoms with Crippen molar-refractivity contribution < 1.29 is 4.74 Å². The summed E-state index contributed by atoms with van der Waals surface area (Å²) in [5.74, 6) is 0.848. The zero-order valence-corrected chi connectivity index (χ0v) is 14.5. The third-order valence-electron chi connectivity index (χ3n) is 5.23. The van der Waals surface area contributed by atoms with Crippen molar-refractivity contribution in [3.63, 3.8) is 0 Å². The van der Waals surface area contributed by atoms with Crippen LogP contribution in [0.5, 0.6) is 0 Å². The van der Waals surface area contributed by atoms with Gasteiger partial charge in [0.25, 0.3) is 0 Å². The van der Waals surface area contributed by atoms with Crippen molar-refractivity contribution in [2.24, 2.45) is 5.92 Å². The predicted molar refractivity (Wildman–Crippen MR) is 88.8 cm³/mol. The van der Waals surface area contributed by atoms with Crippen LogP contribution in [0, 0.1) is 5.92 Å². The average molecular weight is 297 g/mol. The van der Waals surface area contributed by atoms with Gasteiger partial charge in [-0.15, -0.1) is 0 Å². The largest absolute Gasteiger partial charge is 0.374 e. The molecule has 0 aromatic rings. The zero-order valence-electron chi connectivity index (χ0n) is 14.5. The normalized spacial score (nSPS) is 28.1. The van der Waals surface area contributed by atoms with Crippen LogP contribution in [0.3, 0.4) is 0 Å². The number of morpholine rings is 1. The van der Waals surface area contributed by atoms with Crippen LogP contribution in [-0.4, -0.2) is 73.9 Å². The molecular weight excluding hydrogens is 262 g/mol. The summed E-state index contributed by atoms with van der Waals surface area (Å²) in [5, 5.41) is 3.58. The third kappa shape index (κ3) is 5.20. The molecule has 0 aromatic heterocycles. The summed E-state index contributed by atoms with van der Waals surface area (Å²) in [6.07, 6.45) is 3.06. The maximum Gasteiger partial charge on any atom is 0.0829 e. The molecule has 2 fully saturated rings. The Kier molecular flexibility index (Phi) is 6.93. The molecular formula is C17H35N3O. The predicted octanol–water partition coefficient (Wildman–Crippen LogP) is 1.81. The summed E-state index contributed by atoms with van der Waals surface area (Å²) in [6.45, 7) is 16.9. The number of hydrogen-bond acceptors (Lipinski definition) is 4. The fraction of sp³-hybridized carbons (Fsp3) is 1.00. The Morgan fingerprint density at radius 2 is 1.86 bits per heavy atom. The number of nitrogens with one attached hydrogen (secondary N) is 1. The Bertz CT molecular complexity index is 290. The monoisotopic (exact) mass is 297 g/mol. The van der Waals surface area contributed by atoms with Crippen molar-refractivity contribution in [3.8, 4) is 0 Å². The SMILES string of the molecule is CCNC(C)C1CCN(CC2CN(C(C)C)CCO2)CC1. The molecule has 2 aliphatic heterocycles. The highest BCUT2D eigenvalue weighted by atomic mass is 16.5. The molecule has 0 saturated carbocycles. The van der Waals surface area contributed by atoms with Crippen LogP contribution in [0.1, 0.15) is 40.5 Å². The van der Waals surface area contributed by atoms with E-state index in [0.29, 0.717) is 18.2 Å². The first-order chi connectivity index (χ1) is 10.1. The van der Waals surface area contributed by atoms with Gasteiger partial charge in [-0.1, -0.05) is 6.92 Å². The van der Waals surface area contributed by atoms with E-state index in [0.717, 1.165) is 38.7 Å². The highest BCUT2D eigenvalue weighted by Crippen LogP contribution is 2.21. The quantitative estimate of drug-likeness (QED) is 0.809. The fourth-order valence-corrected chi connectivity index (χ4v) is 3.73. The van der Waals surface area contributed by atoms with E-state index in [1.807, 2.05) is 0 Å².